The number of carbonyl (C=O) groups excluding carboxylic acids is 1. The molecule has 29 heavy (non-hydrogen) atoms. The molecule has 0 atom stereocenters. The van der Waals surface area contributed by atoms with E-state index in [1.165, 1.54) is 24.8 Å². The highest BCUT2D eigenvalue weighted by Crippen LogP contribution is 2.28. The predicted octanol–water partition coefficient (Wildman–Crippen LogP) is 3.86. The maximum Gasteiger partial charge on any atom is 0.258 e. The van der Waals surface area contributed by atoms with Gasteiger partial charge in [0.2, 0.25) is 0 Å². The molecule has 1 saturated carbocycles. The van der Waals surface area contributed by atoms with E-state index in [1.807, 2.05) is 24.3 Å². The van der Waals surface area contributed by atoms with E-state index < -0.39 is 0 Å². The van der Waals surface area contributed by atoms with Gasteiger partial charge in [0.1, 0.15) is 0 Å². The van der Waals surface area contributed by atoms with Crippen molar-refractivity contribution in [2.75, 3.05) is 20.3 Å². The molecule has 0 unspecified atom stereocenters. The third-order valence-corrected chi connectivity index (χ3v) is 5.32. The van der Waals surface area contributed by atoms with E-state index in [9.17, 15) is 4.79 Å². The molecule has 0 spiro atoms. The molecule has 2 aromatic carbocycles. The maximum absolute atomic E-state index is 12.2. The Morgan fingerprint density at radius 2 is 1.79 bits per heavy atom. The zero-order valence-electron chi connectivity index (χ0n) is 17.3. The fourth-order valence-electron chi connectivity index (χ4n) is 3.71. The van der Waals surface area contributed by atoms with Crippen molar-refractivity contribution in [2.24, 2.45) is 0 Å². The van der Waals surface area contributed by atoms with Crippen LogP contribution in [0.5, 0.6) is 11.5 Å². The highest BCUT2D eigenvalue weighted by atomic mass is 16.5. The molecule has 2 N–H and O–H groups in total. The summed E-state index contributed by atoms with van der Waals surface area (Å²) in [6, 6.07) is 16.6. The van der Waals surface area contributed by atoms with E-state index in [0.717, 1.165) is 37.9 Å². The lowest BCUT2D eigenvalue weighted by atomic mass is 9.95. The quantitative estimate of drug-likeness (QED) is 0.599. The molecule has 1 amide bonds. The molecular formula is C24H32N2O3. The summed E-state index contributed by atoms with van der Waals surface area (Å²) in [5, 5.41) is 6.53. The number of hydrogen-bond acceptors (Lipinski definition) is 4. The summed E-state index contributed by atoms with van der Waals surface area (Å²) in [4.78, 5) is 12.2. The molecule has 2 aromatic rings. The Kier molecular flexibility index (Phi) is 8.38. The number of rotatable bonds is 10. The Morgan fingerprint density at radius 3 is 2.55 bits per heavy atom. The second kappa shape index (κ2) is 11.5. The fourth-order valence-corrected chi connectivity index (χ4v) is 3.71. The standard InChI is InChI=1S/C24H32N2O3/c1-28-23-16-20(17-25-15-14-19-8-4-2-5-9-19)12-13-22(23)29-18-24(27)26-21-10-6-3-7-11-21/h2,4-5,8-9,12-13,16,21,25H,3,6-7,10-11,14-15,17-18H2,1H3,(H,26,27). The van der Waals surface area contributed by atoms with Crippen LogP contribution >= 0.6 is 0 Å². The van der Waals surface area contributed by atoms with Crippen LogP contribution in [-0.2, 0) is 17.8 Å². The Hall–Kier alpha value is -2.53. The van der Waals surface area contributed by atoms with Crippen LogP contribution in [0.2, 0.25) is 0 Å². The van der Waals surface area contributed by atoms with Gasteiger partial charge < -0.3 is 20.1 Å². The SMILES string of the molecule is COc1cc(CNCCc2ccccc2)ccc1OCC(=O)NC1CCCCC1. The lowest BCUT2D eigenvalue weighted by Gasteiger charge is -2.22. The molecule has 1 aliphatic carbocycles. The molecule has 0 heterocycles. The monoisotopic (exact) mass is 396 g/mol. The summed E-state index contributed by atoms with van der Waals surface area (Å²) < 4.78 is 11.2. The summed E-state index contributed by atoms with van der Waals surface area (Å²) >= 11 is 0. The predicted molar refractivity (Wildman–Crippen MR) is 115 cm³/mol. The van der Waals surface area contributed by atoms with Crippen molar-refractivity contribution in [3.05, 3.63) is 59.7 Å². The molecule has 5 heteroatoms. The van der Waals surface area contributed by atoms with Gasteiger partial charge in [-0.3, -0.25) is 4.79 Å². The number of benzene rings is 2. The number of hydrogen-bond donors (Lipinski definition) is 2. The largest absolute Gasteiger partial charge is 0.493 e. The van der Waals surface area contributed by atoms with Crippen molar-refractivity contribution in [1.29, 1.82) is 0 Å². The molecule has 3 rings (SSSR count). The van der Waals surface area contributed by atoms with Crippen LogP contribution in [0.3, 0.4) is 0 Å². The third-order valence-electron chi connectivity index (χ3n) is 5.32. The lowest BCUT2D eigenvalue weighted by Crippen LogP contribution is -2.39. The zero-order chi connectivity index (χ0) is 20.3. The minimum Gasteiger partial charge on any atom is -0.493 e. The Balaban J connectivity index is 1.43. The van der Waals surface area contributed by atoms with E-state index in [1.54, 1.807) is 7.11 Å². The van der Waals surface area contributed by atoms with Crippen molar-refractivity contribution in [2.45, 2.75) is 51.1 Å². The van der Waals surface area contributed by atoms with Crippen LogP contribution in [0.25, 0.3) is 0 Å². The summed E-state index contributed by atoms with van der Waals surface area (Å²) in [5.74, 6) is 1.18. The van der Waals surface area contributed by atoms with Gasteiger partial charge in [-0.25, -0.2) is 0 Å². The molecule has 0 radical (unpaired) electrons. The molecule has 0 aromatic heterocycles. The molecule has 5 nitrogen and oxygen atoms in total. The van der Waals surface area contributed by atoms with E-state index in [0.29, 0.717) is 17.5 Å². The number of ether oxygens (including phenoxy) is 2. The first-order chi connectivity index (χ1) is 14.2. The van der Waals surface area contributed by atoms with Crippen LogP contribution in [-0.4, -0.2) is 32.2 Å². The topological polar surface area (TPSA) is 59.6 Å². The van der Waals surface area contributed by atoms with E-state index in [-0.39, 0.29) is 12.5 Å². The van der Waals surface area contributed by atoms with Gasteiger partial charge in [-0.15, -0.1) is 0 Å². The Bertz CT molecular complexity index is 758. The highest BCUT2D eigenvalue weighted by Gasteiger charge is 2.16. The average Bonchev–Trinajstić information content (AvgIpc) is 2.77. The molecule has 0 saturated heterocycles. The van der Waals surface area contributed by atoms with Crippen molar-refractivity contribution >= 4 is 5.91 Å². The molecule has 1 fully saturated rings. The summed E-state index contributed by atoms with van der Waals surface area (Å²) in [7, 11) is 1.62. The smallest absolute Gasteiger partial charge is 0.258 e. The minimum atomic E-state index is -0.0643. The van der Waals surface area contributed by atoms with Crippen molar-refractivity contribution in [1.82, 2.24) is 10.6 Å². The second-order valence-corrected chi connectivity index (χ2v) is 7.59. The van der Waals surface area contributed by atoms with Gasteiger partial charge in [0.25, 0.3) is 5.91 Å². The third kappa shape index (κ3) is 7.09. The number of amides is 1. The molecule has 0 aliphatic heterocycles. The van der Waals surface area contributed by atoms with Crippen LogP contribution < -0.4 is 20.1 Å². The van der Waals surface area contributed by atoms with Crippen LogP contribution in [0, 0.1) is 0 Å². The van der Waals surface area contributed by atoms with Crippen molar-refractivity contribution in [3.8, 4) is 11.5 Å². The van der Waals surface area contributed by atoms with Gasteiger partial charge in [0.05, 0.1) is 7.11 Å². The number of carbonyl (C=O) groups is 1. The molecule has 0 bridgehead atoms. The highest BCUT2D eigenvalue weighted by molar-refractivity contribution is 5.78. The zero-order valence-corrected chi connectivity index (χ0v) is 17.3. The van der Waals surface area contributed by atoms with Crippen molar-refractivity contribution in [3.63, 3.8) is 0 Å². The van der Waals surface area contributed by atoms with Gasteiger partial charge in [-0.2, -0.15) is 0 Å². The number of methoxy groups -OCH3 is 1. The first-order valence-electron chi connectivity index (χ1n) is 10.6. The van der Waals surface area contributed by atoms with E-state index in [4.69, 9.17) is 9.47 Å². The van der Waals surface area contributed by atoms with Gasteiger partial charge >= 0.3 is 0 Å². The van der Waals surface area contributed by atoms with Gasteiger partial charge in [0.15, 0.2) is 18.1 Å². The average molecular weight is 397 g/mol. The minimum absolute atomic E-state index is 0.0154. The van der Waals surface area contributed by atoms with Gasteiger partial charge in [0, 0.05) is 12.6 Å². The summed E-state index contributed by atoms with van der Waals surface area (Å²) in [5.41, 5.74) is 2.45. The lowest BCUT2D eigenvalue weighted by molar-refractivity contribution is -0.124. The Morgan fingerprint density at radius 1 is 1.00 bits per heavy atom. The van der Waals surface area contributed by atoms with E-state index in [2.05, 4.69) is 34.9 Å². The Labute approximate surface area is 173 Å². The molecule has 1 aliphatic rings. The van der Waals surface area contributed by atoms with Crippen LogP contribution in [0.1, 0.15) is 43.2 Å². The molecular weight excluding hydrogens is 364 g/mol. The first-order valence-corrected chi connectivity index (χ1v) is 10.6. The second-order valence-electron chi connectivity index (χ2n) is 7.59. The van der Waals surface area contributed by atoms with Crippen molar-refractivity contribution < 1.29 is 14.3 Å². The van der Waals surface area contributed by atoms with Crippen LogP contribution in [0.15, 0.2) is 48.5 Å². The maximum atomic E-state index is 12.2. The van der Waals surface area contributed by atoms with E-state index >= 15 is 0 Å². The summed E-state index contributed by atoms with van der Waals surface area (Å²) in [6.07, 6.45) is 6.80. The summed E-state index contributed by atoms with van der Waals surface area (Å²) in [6.45, 7) is 1.68. The van der Waals surface area contributed by atoms with Crippen LogP contribution in [0.4, 0.5) is 0 Å². The molecule has 156 valence electrons. The van der Waals surface area contributed by atoms with Gasteiger partial charge in [-0.05, 0) is 49.1 Å². The number of nitrogens with one attached hydrogen (secondary N) is 2. The van der Waals surface area contributed by atoms with Gasteiger partial charge in [-0.1, -0.05) is 55.7 Å². The first kappa shape index (κ1) is 21.2. The fraction of sp³-hybridized carbons (Fsp3) is 0.458. The normalized spacial score (nSPS) is 14.4.